The molecule has 5 nitrogen and oxygen atoms in total. The number of aryl methyl sites for hydroxylation is 14. The van der Waals surface area contributed by atoms with E-state index in [1.54, 1.807) is 6.07 Å². The number of rotatable bonds is 11. The predicted octanol–water partition coefficient (Wildman–Crippen LogP) is 25.1. The summed E-state index contributed by atoms with van der Waals surface area (Å²) in [6, 6.07) is 89.8. The van der Waals surface area contributed by atoms with Crippen molar-refractivity contribution in [3.63, 3.8) is 0 Å². The molecule has 5 aromatic heterocycles. The zero-order valence-corrected chi connectivity index (χ0v) is 63.8. The van der Waals surface area contributed by atoms with E-state index >= 15 is 0 Å². The Morgan fingerprint density at radius 3 is 1.39 bits per heavy atom. The Kier molecular flexibility index (Phi) is 23.1. The van der Waals surface area contributed by atoms with Gasteiger partial charge >= 0.3 is 0 Å². The average molecular weight is 1380 g/mol. The second-order valence-electron chi connectivity index (χ2n) is 28.2. The van der Waals surface area contributed by atoms with Crippen molar-refractivity contribution in [1.29, 1.82) is 0 Å². The summed E-state index contributed by atoms with van der Waals surface area (Å²) in [5.74, 6) is 0.00133. The van der Waals surface area contributed by atoms with Crippen molar-refractivity contribution >= 4 is 32.7 Å². The van der Waals surface area contributed by atoms with E-state index in [-0.39, 0.29) is 18.2 Å². The number of pyridine rings is 5. The minimum Gasteiger partial charge on any atom is -0.248 e. The molecule has 10 aromatic carbocycles. The van der Waals surface area contributed by atoms with Gasteiger partial charge in [0, 0.05) is 71.3 Å². The molecule has 105 heavy (non-hydrogen) atoms. The van der Waals surface area contributed by atoms with Gasteiger partial charge in [0.25, 0.3) is 0 Å². The first-order valence-corrected chi connectivity index (χ1v) is 36.7. The Morgan fingerprint density at radius 1 is 0.352 bits per heavy atom. The first kappa shape index (κ1) is 70.7. The largest absolute Gasteiger partial charge is 0.248 e. The molecule has 0 radical (unpaired) electrons. The van der Waals surface area contributed by atoms with E-state index in [9.17, 15) is 4.39 Å². The van der Waals surface area contributed by atoms with Crippen LogP contribution in [0.4, 0.5) is 4.39 Å². The maximum absolute atomic E-state index is 14.0. The molecule has 0 aliphatic carbocycles. The van der Waals surface area contributed by atoms with Crippen molar-refractivity contribution in [3.05, 3.63) is 351 Å². The lowest BCUT2D eigenvalue weighted by Crippen LogP contribution is -2.31. The van der Waals surface area contributed by atoms with Crippen LogP contribution in [0.3, 0.4) is 0 Å². The van der Waals surface area contributed by atoms with Crippen LogP contribution < -0.4 is 9.13 Å². The van der Waals surface area contributed by atoms with Gasteiger partial charge < -0.3 is 0 Å². The van der Waals surface area contributed by atoms with E-state index in [1.807, 2.05) is 106 Å². The topological polar surface area (TPSA) is 46.4 Å². The zero-order chi connectivity index (χ0) is 76.9. The lowest BCUT2D eigenvalue weighted by atomic mass is 9.96. The lowest BCUT2D eigenvalue weighted by Gasteiger charge is -2.10. The van der Waals surface area contributed by atoms with Gasteiger partial charge in [-0.1, -0.05) is 227 Å². The van der Waals surface area contributed by atoms with Crippen LogP contribution in [0.2, 0.25) is 0 Å². The summed E-state index contributed by atoms with van der Waals surface area (Å²) in [6.45, 7) is 25.5. The summed E-state index contributed by atoms with van der Waals surface area (Å²) in [5, 5.41) is 3.36. The standard InChI is InChI=1S/C21H23N.C21H22N.C20H20N.C19H18FN.C18H17N/c1-5-16-12-17(6-2)19-7-8-20(22-21(19)13-16)18-10-14(3)9-15(4)11-18;1-4-17-14-21(19-13-9-8-10-16(19)2)22(3)15-20(17)18-11-6-5-7-12-18;1-15-9-7-8-12-18(15)20-13-16(2)19(14-21(20)3)17-10-5-4-6-11-17;1-12(2)16-11-19-15(10-17(16)20)7-8-18(21-19)14-6-4-5-13(3)9-14;1-12-5-4-6-15(10-12)17-8-7-16-14(3)9-13(2)11-18(16)19-17/h7-13H,5-6H2,1-4H3;5-15H,4H2,1-3H3;4-14H,1-3H3;4-12H,1-3H3;4-11H,1-3H3/q;2*+1;;/i;1D3;;;. The Hall–Kier alpha value is -11.3. The minimum absolute atomic E-state index is 0.0525. The van der Waals surface area contributed by atoms with Crippen molar-refractivity contribution in [1.82, 2.24) is 15.0 Å². The van der Waals surface area contributed by atoms with Crippen molar-refractivity contribution < 1.29 is 17.6 Å². The van der Waals surface area contributed by atoms with Crippen molar-refractivity contribution in [2.45, 2.75) is 122 Å². The van der Waals surface area contributed by atoms with Gasteiger partial charge in [0.15, 0.2) is 12.4 Å². The van der Waals surface area contributed by atoms with Crippen LogP contribution in [0.15, 0.2) is 273 Å². The Bertz CT molecular complexity index is 5670. The summed E-state index contributed by atoms with van der Waals surface area (Å²) in [7, 11) is 4.13. The predicted molar refractivity (Wildman–Crippen MR) is 443 cm³/mol. The summed E-state index contributed by atoms with van der Waals surface area (Å²) < 4.78 is 41.5. The SMILES string of the molecule is CCc1cc(CC)c2ccc(-c3cc(C)cc(C)c3)nc2c1.Cc1cc(-c2ccccc2C)[n+](C)cc1-c1ccccc1.Cc1cccc(-c2ccc3c(C)cc(C)cc3n2)c1.Cc1cccc(-c2ccc3cc(F)c(C(C)C)cc3n2)c1.[2H]C([2H])([2H])Cc1cc(-c2ccccc2C)[n+](C)cc1-c1ccccc1. The number of fused-ring (bicyclic) bond motifs is 3. The van der Waals surface area contributed by atoms with Crippen LogP contribution in [0.1, 0.15) is 117 Å². The van der Waals surface area contributed by atoms with Gasteiger partial charge in [-0.05, 0) is 228 Å². The highest BCUT2D eigenvalue weighted by molar-refractivity contribution is 5.87. The minimum atomic E-state index is -2.01. The van der Waals surface area contributed by atoms with Gasteiger partial charge in [0.1, 0.15) is 19.9 Å². The maximum Gasteiger partial charge on any atom is 0.212 e. The van der Waals surface area contributed by atoms with Crippen LogP contribution >= 0.6 is 0 Å². The highest BCUT2D eigenvalue weighted by Crippen LogP contribution is 2.33. The molecule has 5 heterocycles. The van der Waals surface area contributed by atoms with Crippen LogP contribution in [0.25, 0.3) is 111 Å². The van der Waals surface area contributed by atoms with E-state index < -0.39 is 6.85 Å². The third-order valence-electron chi connectivity index (χ3n) is 19.5. The van der Waals surface area contributed by atoms with Gasteiger partial charge in [0.05, 0.1) is 33.6 Å². The van der Waals surface area contributed by atoms with Crippen molar-refractivity contribution in [2.24, 2.45) is 14.1 Å². The number of aromatic nitrogens is 5. The Labute approximate surface area is 627 Å². The zero-order valence-electron chi connectivity index (χ0n) is 66.8. The number of halogens is 1. The van der Waals surface area contributed by atoms with E-state index in [1.165, 1.54) is 105 Å². The van der Waals surface area contributed by atoms with E-state index in [4.69, 9.17) is 19.1 Å². The maximum atomic E-state index is 14.0. The molecule has 0 amide bonds. The molecule has 0 fully saturated rings. The molecule has 0 bridgehead atoms. The first-order valence-electron chi connectivity index (χ1n) is 38.2. The van der Waals surface area contributed by atoms with E-state index in [2.05, 4.69) is 274 Å². The molecule has 0 atom stereocenters. The highest BCUT2D eigenvalue weighted by Gasteiger charge is 2.20. The van der Waals surface area contributed by atoms with E-state index in [0.717, 1.165) is 90.9 Å². The summed E-state index contributed by atoms with van der Waals surface area (Å²) in [5.41, 5.74) is 34.5. The lowest BCUT2D eigenvalue weighted by molar-refractivity contribution is -0.660. The van der Waals surface area contributed by atoms with Gasteiger partial charge in [-0.15, -0.1) is 0 Å². The Balaban J connectivity index is 0.000000135. The second kappa shape index (κ2) is 34.3. The summed E-state index contributed by atoms with van der Waals surface area (Å²) >= 11 is 0. The summed E-state index contributed by atoms with van der Waals surface area (Å²) in [4.78, 5) is 14.5. The number of benzene rings is 10. The van der Waals surface area contributed by atoms with Crippen LogP contribution in [-0.4, -0.2) is 15.0 Å². The number of hydrogen-bond donors (Lipinski definition) is 0. The molecule has 526 valence electrons. The van der Waals surface area contributed by atoms with Gasteiger partial charge in [-0.2, -0.15) is 0 Å². The van der Waals surface area contributed by atoms with Gasteiger partial charge in [-0.25, -0.2) is 28.5 Å². The van der Waals surface area contributed by atoms with Crippen molar-refractivity contribution in [2.75, 3.05) is 0 Å². The second-order valence-corrected chi connectivity index (χ2v) is 28.2. The normalized spacial score (nSPS) is 11.5. The van der Waals surface area contributed by atoms with Crippen LogP contribution in [0.5, 0.6) is 0 Å². The molecular weight excluding hydrogens is 1280 g/mol. The molecule has 0 N–H and O–H groups in total. The third-order valence-corrected chi connectivity index (χ3v) is 19.5. The fourth-order valence-corrected chi connectivity index (χ4v) is 13.9. The van der Waals surface area contributed by atoms with Gasteiger partial charge in [-0.3, -0.25) is 0 Å². The first-order chi connectivity index (χ1) is 51.8. The smallest absolute Gasteiger partial charge is 0.212 e. The molecule has 15 aromatic rings. The molecule has 0 saturated carbocycles. The van der Waals surface area contributed by atoms with Crippen molar-refractivity contribution in [3.8, 4) is 78.5 Å². The molecule has 0 aliphatic rings. The Morgan fingerprint density at radius 2 is 0.838 bits per heavy atom. The van der Waals surface area contributed by atoms with Crippen LogP contribution in [0, 0.1) is 68.1 Å². The number of hydrogen-bond acceptors (Lipinski definition) is 3. The highest BCUT2D eigenvalue weighted by atomic mass is 19.1. The van der Waals surface area contributed by atoms with Gasteiger partial charge in [0.2, 0.25) is 11.4 Å². The average Bonchev–Trinajstić information content (AvgIpc) is 0.803. The molecule has 15 rings (SSSR count). The fraction of sp³-hybridized carbons (Fsp3) is 0.202. The molecule has 0 saturated heterocycles. The monoisotopic (exact) mass is 1380 g/mol. The molecule has 0 unspecified atom stereocenters. The number of nitrogens with zero attached hydrogens (tertiary/aromatic N) is 5. The quantitative estimate of drug-likeness (QED) is 0.121. The molecule has 6 heteroatoms. The summed E-state index contributed by atoms with van der Waals surface area (Å²) in [6.07, 6.45) is 6.43. The third kappa shape index (κ3) is 18.4. The molecular formula is C99H100FN5+2. The van der Waals surface area contributed by atoms with E-state index in [0.29, 0.717) is 0 Å². The molecule has 0 spiro atoms. The van der Waals surface area contributed by atoms with Crippen LogP contribution in [-0.2, 0) is 33.4 Å². The fourth-order valence-electron chi connectivity index (χ4n) is 13.9. The molecule has 0 aliphatic heterocycles.